The summed E-state index contributed by atoms with van der Waals surface area (Å²) in [6.07, 6.45) is 4.64. The molecule has 1 aromatic carbocycles. The second-order valence-corrected chi connectivity index (χ2v) is 5.94. The van der Waals surface area contributed by atoms with Crippen molar-refractivity contribution in [3.8, 4) is 0 Å². The minimum Gasteiger partial charge on any atom is -0.265 e. The van der Waals surface area contributed by atoms with Crippen LogP contribution < -0.4 is 0 Å². The molecule has 2 rings (SSSR count). The van der Waals surface area contributed by atoms with Gasteiger partial charge in [-0.15, -0.1) is 0 Å². The molecule has 3 heteroatoms. The van der Waals surface area contributed by atoms with Gasteiger partial charge >= 0.3 is 0 Å². The van der Waals surface area contributed by atoms with Gasteiger partial charge in [0.15, 0.2) is 0 Å². The third-order valence-electron chi connectivity index (χ3n) is 2.81. The van der Waals surface area contributed by atoms with E-state index in [0.717, 1.165) is 10.9 Å². The van der Waals surface area contributed by atoms with E-state index in [2.05, 4.69) is 74.1 Å². The van der Waals surface area contributed by atoms with E-state index in [-0.39, 0.29) is 0 Å². The van der Waals surface area contributed by atoms with Crippen LogP contribution in [0.15, 0.2) is 47.2 Å². The second-order valence-electron chi connectivity index (χ2n) is 3.98. The van der Waals surface area contributed by atoms with Crippen molar-refractivity contribution in [2.24, 2.45) is 0 Å². The van der Waals surface area contributed by atoms with Gasteiger partial charge in [0, 0.05) is 21.7 Å². The quantitative estimate of drug-likeness (QED) is 0.719. The number of nitrogens with zero attached hydrogens (tertiary/aromatic N) is 1. The van der Waals surface area contributed by atoms with E-state index in [1.54, 1.807) is 0 Å². The summed E-state index contributed by atoms with van der Waals surface area (Å²) < 4.78 is 1.16. The summed E-state index contributed by atoms with van der Waals surface area (Å²) in [7, 11) is 0. The van der Waals surface area contributed by atoms with Crippen LogP contribution in [0.4, 0.5) is 0 Å². The largest absolute Gasteiger partial charge is 0.265 e. The predicted octanol–water partition coefficient (Wildman–Crippen LogP) is 4.83. The number of rotatable bonds is 3. The SMILES string of the molecule is Cc1c(Br)cccc1C(Br)Cc1ccncc1. The van der Waals surface area contributed by atoms with Crippen LogP contribution in [0.5, 0.6) is 0 Å². The summed E-state index contributed by atoms with van der Waals surface area (Å²) in [5.74, 6) is 0. The van der Waals surface area contributed by atoms with Gasteiger partial charge < -0.3 is 0 Å². The molecule has 1 heterocycles. The molecule has 0 radical (unpaired) electrons. The summed E-state index contributed by atoms with van der Waals surface area (Å²) in [6.45, 7) is 2.14. The monoisotopic (exact) mass is 353 g/mol. The summed E-state index contributed by atoms with van der Waals surface area (Å²) >= 11 is 7.34. The molecule has 1 nitrogen and oxygen atoms in total. The Morgan fingerprint density at radius 2 is 1.88 bits per heavy atom. The molecule has 0 spiro atoms. The molecule has 17 heavy (non-hydrogen) atoms. The second kappa shape index (κ2) is 5.78. The summed E-state index contributed by atoms with van der Waals surface area (Å²) in [4.78, 5) is 4.37. The number of hydrogen-bond donors (Lipinski definition) is 0. The van der Waals surface area contributed by atoms with Crippen molar-refractivity contribution < 1.29 is 0 Å². The van der Waals surface area contributed by atoms with Crippen molar-refractivity contribution >= 4 is 31.9 Å². The van der Waals surface area contributed by atoms with Crippen LogP contribution in [0, 0.1) is 6.92 Å². The Kier molecular flexibility index (Phi) is 4.35. The van der Waals surface area contributed by atoms with E-state index < -0.39 is 0 Å². The first-order chi connectivity index (χ1) is 8.18. The fourth-order valence-electron chi connectivity index (χ4n) is 1.80. The van der Waals surface area contributed by atoms with Crippen molar-refractivity contribution in [3.63, 3.8) is 0 Å². The Morgan fingerprint density at radius 3 is 2.59 bits per heavy atom. The van der Waals surface area contributed by atoms with E-state index in [9.17, 15) is 0 Å². The van der Waals surface area contributed by atoms with Crippen LogP contribution in [0.25, 0.3) is 0 Å². The molecule has 0 saturated heterocycles. The molecule has 0 aliphatic rings. The Balaban J connectivity index is 2.20. The normalized spacial score (nSPS) is 12.4. The van der Waals surface area contributed by atoms with Gasteiger partial charge in [-0.3, -0.25) is 4.98 Å². The third kappa shape index (κ3) is 3.17. The van der Waals surface area contributed by atoms with Gasteiger partial charge in [0.25, 0.3) is 0 Å². The number of alkyl halides is 1. The predicted molar refractivity (Wildman–Crippen MR) is 78.5 cm³/mol. The molecule has 2 aromatic rings. The van der Waals surface area contributed by atoms with Crippen LogP contribution in [-0.4, -0.2) is 4.98 Å². The van der Waals surface area contributed by atoms with E-state index in [1.165, 1.54) is 16.7 Å². The maximum absolute atomic E-state index is 4.03. The van der Waals surface area contributed by atoms with Crippen molar-refractivity contribution in [1.82, 2.24) is 4.98 Å². The van der Waals surface area contributed by atoms with Gasteiger partial charge in [-0.1, -0.05) is 44.0 Å². The standard InChI is InChI=1S/C14H13Br2N/c1-10-12(3-2-4-13(10)15)14(16)9-11-5-7-17-8-6-11/h2-8,14H,9H2,1H3. The molecule has 1 atom stereocenters. The maximum Gasteiger partial charge on any atom is 0.0438 e. The molecule has 88 valence electrons. The fourth-order valence-corrected chi connectivity index (χ4v) is 3.05. The van der Waals surface area contributed by atoms with Gasteiger partial charge in [0.1, 0.15) is 0 Å². The lowest BCUT2D eigenvalue weighted by atomic mass is 10.0. The lowest BCUT2D eigenvalue weighted by Gasteiger charge is -2.14. The van der Waals surface area contributed by atoms with Crippen molar-refractivity contribution in [2.75, 3.05) is 0 Å². The molecule has 0 aliphatic heterocycles. The molecular formula is C14H13Br2N. The summed E-state index contributed by atoms with van der Waals surface area (Å²) in [5.41, 5.74) is 3.92. The average molecular weight is 355 g/mol. The number of pyridine rings is 1. The van der Waals surface area contributed by atoms with Crippen LogP contribution in [0.3, 0.4) is 0 Å². The van der Waals surface area contributed by atoms with Gasteiger partial charge in [-0.25, -0.2) is 0 Å². The van der Waals surface area contributed by atoms with Crippen LogP contribution in [0.2, 0.25) is 0 Å². The number of benzene rings is 1. The van der Waals surface area contributed by atoms with Gasteiger partial charge in [0.2, 0.25) is 0 Å². The average Bonchev–Trinajstić information content (AvgIpc) is 2.34. The first kappa shape index (κ1) is 12.8. The zero-order chi connectivity index (χ0) is 12.3. The highest BCUT2D eigenvalue weighted by Crippen LogP contribution is 2.32. The molecule has 0 N–H and O–H groups in total. The van der Waals surface area contributed by atoms with Gasteiger partial charge in [-0.05, 0) is 48.2 Å². The summed E-state index contributed by atoms with van der Waals surface area (Å²) in [5, 5.41) is 0. The first-order valence-electron chi connectivity index (χ1n) is 5.46. The highest BCUT2D eigenvalue weighted by atomic mass is 79.9. The molecule has 0 fully saturated rings. The Labute approximate surface area is 119 Å². The van der Waals surface area contributed by atoms with Crippen molar-refractivity contribution in [2.45, 2.75) is 18.2 Å². The zero-order valence-electron chi connectivity index (χ0n) is 9.53. The van der Waals surface area contributed by atoms with Crippen LogP contribution in [-0.2, 0) is 6.42 Å². The number of hydrogen-bond acceptors (Lipinski definition) is 1. The fraction of sp³-hybridized carbons (Fsp3) is 0.214. The van der Waals surface area contributed by atoms with Gasteiger partial charge in [-0.2, -0.15) is 0 Å². The van der Waals surface area contributed by atoms with E-state index in [4.69, 9.17) is 0 Å². The molecule has 0 saturated carbocycles. The van der Waals surface area contributed by atoms with Gasteiger partial charge in [0.05, 0.1) is 0 Å². The minimum absolute atomic E-state index is 0.336. The Hall–Kier alpha value is -0.670. The molecular weight excluding hydrogens is 342 g/mol. The van der Waals surface area contributed by atoms with Crippen LogP contribution >= 0.6 is 31.9 Å². The van der Waals surface area contributed by atoms with Crippen molar-refractivity contribution in [3.05, 3.63) is 63.9 Å². The van der Waals surface area contributed by atoms with Crippen LogP contribution in [0.1, 0.15) is 21.5 Å². The Morgan fingerprint density at radius 1 is 1.18 bits per heavy atom. The molecule has 0 amide bonds. The Bertz CT molecular complexity index is 497. The molecule has 1 unspecified atom stereocenters. The lowest BCUT2D eigenvalue weighted by molar-refractivity contribution is 0.932. The van der Waals surface area contributed by atoms with E-state index in [0.29, 0.717) is 4.83 Å². The third-order valence-corrected chi connectivity index (χ3v) is 4.49. The number of halogens is 2. The first-order valence-corrected chi connectivity index (χ1v) is 7.17. The highest BCUT2D eigenvalue weighted by molar-refractivity contribution is 9.10. The van der Waals surface area contributed by atoms with E-state index >= 15 is 0 Å². The van der Waals surface area contributed by atoms with Crippen molar-refractivity contribution in [1.29, 1.82) is 0 Å². The highest BCUT2D eigenvalue weighted by Gasteiger charge is 2.12. The topological polar surface area (TPSA) is 12.9 Å². The lowest BCUT2D eigenvalue weighted by Crippen LogP contribution is -1.98. The minimum atomic E-state index is 0.336. The number of aromatic nitrogens is 1. The summed E-state index contributed by atoms with van der Waals surface area (Å²) in [6, 6.07) is 10.4. The maximum atomic E-state index is 4.03. The molecule has 1 aromatic heterocycles. The van der Waals surface area contributed by atoms with E-state index in [1.807, 2.05) is 12.4 Å². The zero-order valence-corrected chi connectivity index (χ0v) is 12.7. The smallest absolute Gasteiger partial charge is 0.0438 e. The molecule has 0 aliphatic carbocycles. The molecule has 0 bridgehead atoms.